The van der Waals surface area contributed by atoms with Crippen LogP contribution in [0.4, 0.5) is 5.69 Å². The SMILES string of the molecule is CCN(c1cc2occc2c(C(=O)OC)c1C)C1CCNCC1. The minimum absolute atomic E-state index is 0.308. The Morgan fingerprint density at radius 3 is 2.83 bits per heavy atom. The second-order valence-corrected chi connectivity index (χ2v) is 5.99. The van der Waals surface area contributed by atoms with Gasteiger partial charge < -0.3 is 19.4 Å². The Labute approximate surface area is 136 Å². The summed E-state index contributed by atoms with van der Waals surface area (Å²) >= 11 is 0. The molecular weight excluding hydrogens is 292 g/mol. The molecule has 1 aromatic heterocycles. The van der Waals surface area contributed by atoms with Crippen molar-refractivity contribution in [3.63, 3.8) is 0 Å². The maximum absolute atomic E-state index is 12.3. The predicted octanol–water partition coefficient (Wildman–Crippen LogP) is 3.11. The van der Waals surface area contributed by atoms with E-state index in [4.69, 9.17) is 9.15 Å². The van der Waals surface area contributed by atoms with Gasteiger partial charge in [0.15, 0.2) is 0 Å². The molecule has 1 aliphatic heterocycles. The van der Waals surface area contributed by atoms with Gasteiger partial charge in [-0.3, -0.25) is 0 Å². The van der Waals surface area contributed by atoms with Crippen LogP contribution in [0.3, 0.4) is 0 Å². The Morgan fingerprint density at radius 2 is 2.17 bits per heavy atom. The molecule has 0 amide bonds. The fourth-order valence-corrected chi connectivity index (χ4v) is 3.61. The monoisotopic (exact) mass is 316 g/mol. The van der Waals surface area contributed by atoms with E-state index < -0.39 is 0 Å². The van der Waals surface area contributed by atoms with Crippen LogP contribution in [0.2, 0.25) is 0 Å². The largest absolute Gasteiger partial charge is 0.465 e. The fourth-order valence-electron chi connectivity index (χ4n) is 3.61. The first kappa shape index (κ1) is 15.9. The van der Waals surface area contributed by atoms with Crippen LogP contribution in [0, 0.1) is 6.92 Å². The zero-order valence-corrected chi connectivity index (χ0v) is 14.0. The number of nitrogens with one attached hydrogen (secondary N) is 1. The van der Waals surface area contributed by atoms with E-state index in [0.717, 1.165) is 54.7 Å². The maximum Gasteiger partial charge on any atom is 0.338 e. The van der Waals surface area contributed by atoms with E-state index in [1.165, 1.54) is 7.11 Å². The summed E-state index contributed by atoms with van der Waals surface area (Å²) in [7, 11) is 1.42. The van der Waals surface area contributed by atoms with Crippen LogP contribution in [-0.2, 0) is 4.74 Å². The molecule has 0 saturated carbocycles. The molecule has 2 aromatic rings. The van der Waals surface area contributed by atoms with E-state index in [9.17, 15) is 4.79 Å². The van der Waals surface area contributed by atoms with Gasteiger partial charge in [-0.15, -0.1) is 0 Å². The van der Waals surface area contributed by atoms with Gasteiger partial charge in [0, 0.05) is 29.7 Å². The number of benzene rings is 1. The molecule has 0 bridgehead atoms. The van der Waals surface area contributed by atoms with E-state index >= 15 is 0 Å². The number of carbonyl (C=O) groups excluding carboxylic acids is 1. The molecule has 1 aromatic carbocycles. The van der Waals surface area contributed by atoms with Crippen molar-refractivity contribution in [3.05, 3.63) is 29.5 Å². The Balaban J connectivity index is 2.12. The van der Waals surface area contributed by atoms with E-state index in [1.807, 2.05) is 13.0 Å². The van der Waals surface area contributed by atoms with Crippen LogP contribution >= 0.6 is 0 Å². The zero-order valence-electron chi connectivity index (χ0n) is 14.0. The summed E-state index contributed by atoms with van der Waals surface area (Å²) in [4.78, 5) is 14.7. The molecule has 1 fully saturated rings. The number of rotatable bonds is 4. The third-order valence-corrected chi connectivity index (χ3v) is 4.78. The molecule has 5 heteroatoms. The summed E-state index contributed by atoms with van der Waals surface area (Å²) in [5.74, 6) is -0.308. The molecule has 0 spiro atoms. The van der Waals surface area contributed by atoms with Crippen molar-refractivity contribution in [3.8, 4) is 0 Å². The summed E-state index contributed by atoms with van der Waals surface area (Å²) in [6.07, 6.45) is 3.84. The molecule has 5 nitrogen and oxygen atoms in total. The fraction of sp³-hybridized carbons (Fsp3) is 0.500. The topological polar surface area (TPSA) is 54.7 Å². The minimum Gasteiger partial charge on any atom is -0.465 e. The lowest BCUT2D eigenvalue weighted by Crippen LogP contribution is -2.43. The normalized spacial score (nSPS) is 15.8. The molecule has 0 atom stereocenters. The average molecular weight is 316 g/mol. The molecule has 3 rings (SSSR count). The lowest BCUT2D eigenvalue weighted by Gasteiger charge is -2.36. The molecule has 0 radical (unpaired) electrons. The Hall–Kier alpha value is -2.01. The number of carbonyl (C=O) groups is 1. The molecule has 1 N–H and O–H groups in total. The number of piperidine rings is 1. The third kappa shape index (κ3) is 2.81. The summed E-state index contributed by atoms with van der Waals surface area (Å²) in [6.45, 7) is 7.13. The molecule has 0 aliphatic carbocycles. The second kappa shape index (κ2) is 6.62. The average Bonchev–Trinajstić information content (AvgIpc) is 3.04. The van der Waals surface area contributed by atoms with Gasteiger partial charge in [0.25, 0.3) is 0 Å². The van der Waals surface area contributed by atoms with E-state index in [1.54, 1.807) is 6.26 Å². The van der Waals surface area contributed by atoms with Gasteiger partial charge in [-0.1, -0.05) is 0 Å². The molecule has 124 valence electrons. The summed E-state index contributed by atoms with van der Waals surface area (Å²) in [5.41, 5.74) is 3.38. The number of fused-ring (bicyclic) bond motifs is 1. The number of hydrogen-bond donors (Lipinski definition) is 1. The van der Waals surface area contributed by atoms with Gasteiger partial charge in [-0.2, -0.15) is 0 Å². The second-order valence-electron chi connectivity index (χ2n) is 5.99. The Morgan fingerprint density at radius 1 is 1.43 bits per heavy atom. The van der Waals surface area contributed by atoms with Crippen LogP contribution in [0.1, 0.15) is 35.7 Å². The number of esters is 1. The first-order chi connectivity index (χ1) is 11.2. The molecule has 0 unspecified atom stereocenters. The molecule has 1 aliphatic rings. The van der Waals surface area contributed by atoms with Crippen LogP contribution in [0.25, 0.3) is 11.0 Å². The highest BCUT2D eigenvalue weighted by atomic mass is 16.5. The number of furan rings is 1. The summed E-state index contributed by atoms with van der Waals surface area (Å²) in [6, 6.07) is 4.37. The smallest absolute Gasteiger partial charge is 0.338 e. The van der Waals surface area contributed by atoms with Crippen molar-refractivity contribution in [2.45, 2.75) is 32.7 Å². The molecule has 23 heavy (non-hydrogen) atoms. The van der Waals surface area contributed by atoms with Gasteiger partial charge in [0.1, 0.15) is 5.58 Å². The number of methoxy groups -OCH3 is 1. The van der Waals surface area contributed by atoms with Gasteiger partial charge >= 0.3 is 5.97 Å². The Kier molecular flexibility index (Phi) is 4.57. The number of hydrogen-bond acceptors (Lipinski definition) is 5. The van der Waals surface area contributed by atoms with Gasteiger partial charge in [0.2, 0.25) is 0 Å². The van der Waals surface area contributed by atoms with Gasteiger partial charge in [0.05, 0.1) is 18.9 Å². The highest BCUT2D eigenvalue weighted by Gasteiger charge is 2.25. The van der Waals surface area contributed by atoms with E-state index in [0.29, 0.717) is 11.6 Å². The minimum atomic E-state index is -0.308. The van der Waals surface area contributed by atoms with Crippen LogP contribution < -0.4 is 10.2 Å². The zero-order chi connectivity index (χ0) is 16.4. The van der Waals surface area contributed by atoms with Crippen LogP contribution in [-0.4, -0.2) is 38.8 Å². The van der Waals surface area contributed by atoms with Crippen molar-refractivity contribution in [2.24, 2.45) is 0 Å². The number of nitrogens with zero attached hydrogens (tertiary/aromatic N) is 1. The lowest BCUT2D eigenvalue weighted by molar-refractivity contribution is 0.0602. The number of ether oxygens (including phenoxy) is 1. The van der Waals surface area contributed by atoms with Crippen LogP contribution in [0.15, 0.2) is 22.8 Å². The van der Waals surface area contributed by atoms with Crippen molar-refractivity contribution >= 4 is 22.6 Å². The predicted molar refractivity (Wildman–Crippen MR) is 91.2 cm³/mol. The lowest BCUT2D eigenvalue weighted by atomic mass is 9.98. The molecule has 1 saturated heterocycles. The summed E-state index contributed by atoms with van der Waals surface area (Å²) < 4.78 is 10.6. The molecular formula is C18H24N2O3. The molecule has 2 heterocycles. The Bertz CT molecular complexity index is 702. The van der Waals surface area contributed by atoms with Crippen molar-refractivity contribution in [1.29, 1.82) is 0 Å². The highest BCUT2D eigenvalue weighted by molar-refractivity contribution is 6.06. The first-order valence-corrected chi connectivity index (χ1v) is 8.23. The van der Waals surface area contributed by atoms with Crippen molar-refractivity contribution in [2.75, 3.05) is 31.6 Å². The highest BCUT2D eigenvalue weighted by Crippen LogP contribution is 2.34. The third-order valence-electron chi connectivity index (χ3n) is 4.78. The first-order valence-electron chi connectivity index (χ1n) is 8.23. The van der Waals surface area contributed by atoms with Crippen molar-refractivity contribution in [1.82, 2.24) is 5.32 Å². The van der Waals surface area contributed by atoms with E-state index in [-0.39, 0.29) is 5.97 Å². The van der Waals surface area contributed by atoms with Crippen LogP contribution in [0.5, 0.6) is 0 Å². The van der Waals surface area contributed by atoms with Gasteiger partial charge in [-0.05, 0) is 51.4 Å². The quantitative estimate of drug-likeness (QED) is 0.878. The van der Waals surface area contributed by atoms with Crippen molar-refractivity contribution < 1.29 is 13.9 Å². The maximum atomic E-state index is 12.3. The number of anilines is 1. The summed E-state index contributed by atoms with van der Waals surface area (Å²) in [5, 5.41) is 4.22. The van der Waals surface area contributed by atoms with Gasteiger partial charge in [-0.25, -0.2) is 4.79 Å². The van der Waals surface area contributed by atoms with E-state index in [2.05, 4.69) is 23.2 Å². The standard InChI is InChI=1S/C18H24N2O3/c1-4-20(13-5-8-19-9-6-13)15-11-16-14(7-10-23-16)17(12(15)2)18(21)22-3/h7,10-11,13,19H,4-6,8-9H2,1-3H3.